The molecule has 0 aromatic carbocycles. The Labute approximate surface area is 285 Å². The van der Waals surface area contributed by atoms with E-state index in [0.29, 0.717) is 39.6 Å². The van der Waals surface area contributed by atoms with E-state index < -0.39 is 34.7 Å². The second-order valence-corrected chi connectivity index (χ2v) is 14.0. The summed E-state index contributed by atoms with van der Waals surface area (Å²) in [5, 5.41) is 16.8. The maximum Gasteiger partial charge on any atom is 0.355 e. The van der Waals surface area contributed by atoms with Crippen LogP contribution in [-0.2, 0) is 41.6 Å². The van der Waals surface area contributed by atoms with E-state index in [4.69, 9.17) is 15.2 Å². The lowest BCUT2D eigenvalue weighted by Gasteiger charge is -2.49. The first-order valence-corrected chi connectivity index (χ1v) is 16.3. The van der Waals surface area contributed by atoms with Crippen molar-refractivity contribution in [2.45, 2.75) is 50.3 Å². The van der Waals surface area contributed by atoms with Gasteiger partial charge in [0.25, 0.3) is 5.91 Å². The highest BCUT2D eigenvalue weighted by atomic mass is 35.5. The van der Waals surface area contributed by atoms with Crippen molar-refractivity contribution >= 4 is 88.6 Å². The van der Waals surface area contributed by atoms with Crippen molar-refractivity contribution in [3.05, 3.63) is 22.3 Å². The van der Waals surface area contributed by atoms with Gasteiger partial charge in [0.1, 0.15) is 30.3 Å². The molecule has 2 aromatic heterocycles. The molecule has 4 heterocycles. The summed E-state index contributed by atoms with van der Waals surface area (Å²) in [6.07, 6.45) is -0.0165. The summed E-state index contributed by atoms with van der Waals surface area (Å²) < 4.78 is 12.3. The van der Waals surface area contributed by atoms with Gasteiger partial charge in [-0.1, -0.05) is 11.8 Å². The van der Waals surface area contributed by atoms with Crippen molar-refractivity contribution < 1.29 is 28.7 Å². The molecule has 0 spiro atoms. The summed E-state index contributed by atoms with van der Waals surface area (Å²) in [6.45, 7) is 6.20. The number of amides is 2. The van der Waals surface area contributed by atoms with Crippen LogP contribution in [0.1, 0.15) is 26.5 Å². The smallest absolute Gasteiger partial charge is 0.355 e. The van der Waals surface area contributed by atoms with Gasteiger partial charge in [-0.25, -0.2) is 14.5 Å². The number of fused-ring (bicyclic) bond motifs is 1. The lowest BCUT2D eigenvalue weighted by atomic mass is 9.97. The molecule has 20 heteroatoms. The number of likely N-dealkylation sites (N-methyl/N-ethyl adjacent to an activating group) is 1. The highest BCUT2D eigenvalue weighted by Gasteiger charge is 2.54. The fourth-order valence-electron chi connectivity index (χ4n) is 4.02. The molecule has 4 rings (SSSR count). The van der Waals surface area contributed by atoms with Gasteiger partial charge in [-0.15, -0.1) is 53.0 Å². The Morgan fingerprint density at radius 1 is 1.20 bits per heavy atom. The van der Waals surface area contributed by atoms with Crippen LogP contribution in [0.5, 0.6) is 0 Å². The Morgan fingerprint density at radius 3 is 2.56 bits per heavy atom. The van der Waals surface area contributed by atoms with Gasteiger partial charge >= 0.3 is 11.9 Å². The number of halogens is 2. The van der Waals surface area contributed by atoms with Crippen LogP contribution in [0.4, 0.5) is 5.13 Å². The van der Waals surface area contributed by atoms with Gasteiger partial charge in [-0.3, -0.25) is 19.3 Å². The van der Waals surface area contributed by atoms with Crippen LogP contribution in [0.15, 0.2) is 21.8 Å². The quantitative estimate of drug-likeness (QED) is 0.130. The number of hydrogen-bond acceptors (Lipinski definition) is 15. The van der Waals surface area contributed by atoms with Crippen molar-refractivity contribution in [3.63, 3.8) is 0 Å². The molecule has 0 aliphatic carbocycles. The first kappa shape index (κ1) is 38.5. The average molecular weight is 727 g/mol. The first-order chi connectivity index (χ1) is 20.3. The number of β-lactam (4-membered cyclic amide) rings is 1. The molecule has 2 aliphatic heterocycles. The lowest BCUT2D eigenvalue weighted by molar-refractivity contribution is -0.159. The molecule has 2 aromatic rings. The molecule has 3 N–H and O–H groups in total. The van der Waals surface area contributed by atoms with Crippen molar-refractivity contribution in [1.82, 2.24) is 40.3 Å². The normalized spacial score (nSPS) is 17.6. The number of nitrogens with two attached hydrogens (primary N) is 1. The number of thiazole rings is 1. The molecule has 2 aliphatic rings. The second-order valence-electron chi connectivity index (χ2n) is 11.1. The largest absolute Gasteiger partial charge is 0.462 e. The molecule has 0 unspecified atom stereocenters. The van der Waals surface area contributed by atoms with E-state index in [1.165, 1.54) is 39.8 Å². The third-order valence-corrected chi connectivity index (χ3v) is 9.37. The summed E-state index contributed by atoms with van der Waals surface area (Å²) >= 11 is 4.02. The van der Waals surface area contributed by atoms with Crippen LogP contribution in [0.25, 0.3) is 0 Å². The molecule has 45 heavy (non-hydrogen) atoms. The fourth-order valence-corrected chi connectivity index (χ4v) is 6.97. The topological polar surface area (TPSA) is 188 Å². The minimum absolute atomic E-state index is 0. The number of esters is 2. The first-order valence-electron chi connectivity index (χ1n) is 13.4. The van der Waals surface area contributed by atoms with E-state index in [1.54, 1.807) is 30.8 Å². The number of rotatable bonds is 13. The average Bonchev–Trinajstić information content (AvgIpc) is 3.58. The van der Waals surface area contributed by atoms with Crippen LogP contribution in [0.3, 0.4) is 0 Å². The number of carbonyl (C=O) groups is 4. The summed E-state index contributed by atoms with van der Waals surface area (Å²) in [6, 6.07) is -0.809. The van der Waals surface area contributed by atoms with Gasteiger partial charge in [0, 0.05) is 23.4 Å². The summed E-state index contributed by atoms with van der Waals surface area (Å²) in [7, 11) is 3.91. The van der Waals surface area contributed by atoms with Crippen LogP contribution >= 0.6 is 59.7 Å². The Hall–Kier alpha value is -2.64. The van der Waals surface area contributed by atoms with Gasteiger partial charge in [-0.2, -0.15) is 0 Å². The minimum atomic E-state index is -0.809. The molecule has 1 saturated heterocycles. The standard InChI is InChI=1S/C25H35N9O6S3.2ClH/c1-25(2,3)22(38)40-9-8-39-21(37)18-14(12-43-24-29-30-31-33(24)7-6-32(4)5)11-41-20-17(19(36)34(18)20)28-16(35)10-15-13-42-23(26)27-15;;/h13,17,20H,6-12H2,1-5H3,(H2,26,27)(H,28,35);2*1H/t17-,20+;;/m1../s1. The number of hydrogen-bond donors (Lipinski definition) is 2. The zero-order chi connectivity index (χ0) is 31.3. The number of tetrazole rings is 1. The second kappa shape index (κ2) is 16.8. The van der Waals surface area contributed by atoms with Crippen LogP contribution in [-0.4, -0.2) is 116 Å². The molecular formula is C25H37Cl2N9O6S3. The number of ether oxygens (including phenoxy) is 2. The number of anilines is 1. The highest BCUT2D eigenvalue weighted by Crippen LogP contribution is 2.42. The van der Waals surface area contributed by atoms with Crippen LogP contribution in [0, 0.1) is 5.41 Å². The van der Waals surface area contributed by atoms with Gasteiger partial charge in [0.05, 0.1) is 24.1 Å². The van der Waals surface area contributed by atoms with E-state index in [9.17, 15) is 19.2 Å². The number of nitrogens with one attached hydrogen (secondary N) is 1. The van der Waals surface area contributed by atoms with Crippen molar-refractivity contribution in [2.75, 3.05) is 51.1 Å². The third-order valence-electron chi connectivity index (χ3n) is 6.26. The number of carbonyl (C=O) groups excluding carboxylic acids is 4. The van der Waals surface area contributed by atoms with Crippen molar-refractivity contribution in [1.29, 1.82) is 0 Å². The number of thioether (sulfide) groups is 2. The van der Waals surface area contributed by atoms with Crippen molar-refractivity contribution in [2.24, 2.45) is 5.41 Å². The summed E-state index contributed by atoms with van der Waals surface area (Å²) in [4.78, 5) is 58.9. The fraction of sp³-hybridized carbons (Fsp3) is 0.600. The Kier molecular flexibility index (Phi) is 14.4. The Morgan fingerprint density at radius 2 is 1.91 bits per heavy atom. The van der Waals surface area contributed by atoms with E-state index in [1.807, 2.05) is 19.0 Å². The zero-order valence-corrected chi connectivity index (χ0v) is 29.5. The van der Waals surface area contributed by atoms with E-state index in [2.05, 4.69) is 25.8 Å². The van der Waals surface area contributed by atoms with E-state index >= 15 is 0 Å². The molecule has 15 nitrogen and oxygen atoms in total. The molecule has 0 bridgehead atoms. The number of aromatic nitrogens is 5. The predicted octanol–water partition coefficient (Wildman–Crippen LogP) is 1.24. The zero-order valence-electron chi connectivity index (χ0n) is 25.4. The lowest BCUT2D eigenvalue weighted by Crippen LogP contribution is -2.70. The molecular weight excluding hydrogens is 689 g/mol. The van der Waals surface area contributed by atoms with E-state index in [-0.39, 0.29) is 56.1 Å². The van der Waals surface area contributed by atoms with Gasteiger partial charge in [0.2, 0.25) is 11.1 Å². The maximum absolute atomic E-state index is 13.4. The van der Waals surface area contributed by atoms with Crippen LogP contribution < -0.4 is 11.1 Å². The molecule has 0 radical (unpaired) electrons. The SMILES string of the molecule is CN(C)CCn1nnnc1SCC1=C(C(=O)OCCOC(=O)C(C)(C)C)N2C(=O)[C@@H](NC(=O)Cc3csc(N)n3)[C@@H]2SC1.Cl.Cl. The van der Waals surface area contributed by atoms with Gasteiger partial charge < -0.3 is 25.4 Å². The van der Waals surface area contributed by atoms with Gasteiger partial charge in [0.15, 0.2) is 5.13 Å². The molecule has 1 fully saturated rings. The minimum Gasteiger partial charge on any atom is -0.462 e. The van der Waals surface area contributed by atoms with Crippen molar-refractivity contribution in [3.8, 4) is 0 Å². The third kappa shape index (κ3) is 9.92. The predicted molar refractivity (Wildman–Crippen MR) is 175 cm³/mol. The number of nitrogen functional groups attached to an aromatic ring is 1. The number of nitrogens with zero attached hydrogens (tertiary/aromatic N) is 7. The maximum atomic E-state index is 13.4. The molecule has 2 atom stereocenters. The summed E-state index contributed by atoms with van der Waals surface area (Å²) in [5.41, 5.74) is 6.26. The highest BCUT2D eigenvalue weighted by molar-refractivity contribution is 8.01. The van der Waals surface area contributed by atoms with E-state index in [0.717, 1.165) is 6.54 Å². The summed E-state index contributed by atoms with van der Waals surface area (Å²) in [5.74, 6) is -1.18. The Bertz CT molecular complexity index is 1400. The molecule has 0 saturated carbocycles. The monoisotopic (exact) mass is 725 g/mol. The molecule has 2 amide bonds. The van der Waals surface area contributed by atoms with Crippen LogP contribution in [0.2, 0.25) is 0 Å². The molecule has 250 valence electrons. The van der Waals surface area contributed by atoms with Gasteiger partial charge in [-0.05, 0) is 50.9 Å². The Balaban J connectivity index is 0.00000353.